The number of carbonyl (C=O) groups is 2. The van der Waals surface area contributed by atoms with Crippen LogP contribution >= 0.6 is 34.5 Å². The van der Waals surface area contributed by atoms with Crippen molar-refractivity contribution in [2.24, 2.45) is 0 Å². The Bertz CT molecular complexity index is 745. The lowest BCUT2D eigenvalue weighted by Gasteiger charge is -2.19. The van der Waals surface area contributed by atoms with Gasteiger partial charge in [0.15, 0.2) is 6.61 Å². The molecular formula is C13H8Cl2N2O3S. The summed E-state index contributed by atoms with van der Waals surface area (Å²) in [5, 5.41) is 5.63. The second-order valence-electron chi connectivity index (χ2n) is 4.22. The summed E-state index contributed by atoms with van der Waals surface area (Å²) in [6.07, 6.45) is 0. The monoisotopic (exact) mass is 342 g/mol. The Labute approximate surface area is 133 Å². The molecule has 1 aliphatic rings. The van der Waals surface area contributed by atoms with Crippen molar-refractivity contribution >= 4 is 57.7 Å². The zero-order valence-corrected chi connectivity index (χ0v) is 12.7. The van der Waals surface area contributed by atoms with E-state index in [1.807, 2.05) is 0 Å². The second-order valence-corrected chi connectivity index (χ2v) is 6.35. The number of hydrogen-bond acceptors (Lipinski definition) is 4. The van der Waals surface area contributed by atoms with Gasteiger partial charge in [-0.05, 0) is 18.2 Å². The Morgan fingerprint density at radius 1 is 1.33 bits per heavy atom. The van der Waals surface area contributed by atoms with E-state index >= 15 is 0 Å². The van der Waals surface area contributed by atoms with Crippen molar-refractivity contribution in [1.29, 1.82) is 0 Å². The number of halogens is 2. The third kappa shape index (κ3) is 2.97. The van der Waals surface area contributed by atoms with E-state index < -0.39 is 0 Å². The fourth-order valence-corrected chi connectivity index (χ4v) is 2.97. The Kier molecular flexibility index (Phi) is 3.75. The van der Waals surface area contributed by atoms with Crippen LogP contribution in [0.1, 0.15) is 9.67 Å². The molecule has 1 aliphatic heterocycles. The third-order valence-corrected chi connectivity index (χ3v) is 4.29. The molecule has 0 atom stereocenters. The molecule has 0 spiro atoms. The van der Waals surface area contributed by atoms with Gasteiger partial charge in [-0.1, -0.05) is 23.2 Å². The number of anilines is 2. The molecule has 1 aromatic heterocycles. The van der Waals surface area contributed by atoms with Crippen LogP contribution in [0.15, 0.2) is 24.3 Å². The predicted octanol–water partition coefficient (Wildman–Crippen LogP) is 3.64. The number of carbonyl (C=O) groups excluding carboxylic acids is 2. The van der Waals surface area contributed by atoms with Gasteiger partial charge >= 0.3 is 0 Å². The van der Waals surface area contributed by atoms with Crippen LogP contribution in [0.3, 0.4) is 0 Å². The minimum Gasteiger partial charge on any atom is -0.482 e. The SMILES string of the molecule is O=C1COc2cc(NC(=O)c3ccc(Cl)s3)c(Cl)cc2N1. The Morgan fingerprint density at radius 3 is 2.86 bits per heavy atom. The van der Waals surface area contributed by atoms with Crippen molar-refractivity contribution in [3.05, 3.63) is 38.5 Å². The van der Waals surface area contributed by atoms with Crippen molar-refractivity contribution in [2.75, 3.05) is 17.2 Å². The van der Waals surface area contributed by atoms with Crippen molar-refractivity contribution in [3.8, 4) is 5.75 Å². The molecule has 0 bridgehead atoms. The quantitative estimate of drug-likeness (QED) is 0.875. The first-order valence-electron chi connectivity index (χ1n) is 5.86. The van der Waals surface area contributed by atoms with Gasteiger partial charge in [-0.25, -0.2) is 0 Å². The molecule has 0 unspecified atom stereocenters. The number of thiophene rings is 1. The number of ether oxygens (including phenoxy) is 1. The maximum absolute atomic E-state index is 12.1. The molecule has 2 amide bonds. The number of amides is 2. The standard InChI is InChI=1S/C13H8Cl2N2O3S/c14-6-3-8-9(20-5-12(18)16-8)4-7(6)17-13(19)10-1-2-11(15)21-10/h1-4H,5H2,(H,16,18)(H,17,19). The molecule has 21 heavy (non-hydrogen) atoms. The summed E-state index contributed by atoms with van der Waals surface area (Å²) in [5.74, 6) is -0.101. The second kappa shape index (κ2) is 5.55. The zero-order chi connectivity index (χ0) is 15.0. The highest BCUT2D eigenvalue weighted by Crippen LogP contribution is 2.36. The predicted molar refractivity (Wildman–Crippen MR) is 82.9 cm³/mol. The molecule has 8 heteroatoms. The van der Waals surface area contributed by atoms with Crippen LogP contribution in [0.5, 0.6) is 5.75 Å². The average Bonchev–Trinajstić information content (AvgIpc) is 2.86. The summed E-state index contributed by atoms with van der Waals surface area (Å²) in [4.78, 5) is 23.8. The lowest BCUT2D eigenvalue weighted by molar-refractivity contribution is -0.118. The molecule has 0 aliphatic carbocycles. The third-order valence-electron chi connectivity index (χ3n) is 2.75. The smallest absolute Gasteiger partial charge is 0.265 e. The van der Waals surface area contributed by atoms with E-state index in [0.29, 0.717) is 31.4 Å². The van der Waals surface area contributed by atoms with Crippen molar-refractivity contribution in [3.63, 3.8) is 0 Å². The first kappa shape index (κ1) is 14.2. The Hall–Kier alpha value is -1.76. The molecule has 2 aromatic rings. The van der Waals surface area contributed by atoms with Crippen molar-refractivity contribution in [1.82, 2.24) is 0 Å². The van der Waals surface area contributed by atoms with Crippen LogP contribution in [0, 0.1) is 0 Å². The lowest BCUT2D eigenvalue weighted by atomic mass is 10.2. The van der Waals surface area contributed by atoms with Gasteiger partial charge < -0.3 is 15.4 Å². The molecule has 0 saturated heterocycles. The van der Waals surface area contributed by atoms with Gasteiger partial charge in [0.2, 0.25) is 0 Å². The van der Waals surface area contributed by atoms with Gasteiger partial charge in [0.1, 0.15) is 5.75 Å². The fraction of sp³-hybridized carbons (Fsp3) is 0.0769. The highest BCUT2D eigenvalue weighted by Gasteiger charge is 2.19. The molecule has 0 saturated carbocycles. The zero-order valence-electron chi connectivity index (χ0n) is 10.4. The molecule has 3 rings (SSSR count). The number of benzene rings is 1. The fourth-order valence-electron chi connectivity index (χ4n) is 1.82. The number of fused-ring (bicyclic) bond motifs is 1. The lowest BCUT2D eigenvalue weighted by Crippen LogP contribution is -2.25. The van der Waals surface area contributed by atoms with Gasteiger partial charge in [0, 0.05) is 6.07 Å². The first-order chi connectivity index (χ1) is 10.0. The van der Waals surface area contributed by atoms with E-state index in [1.54, 1.807) is 18.2 Å². The average molecular weight is 343 g/mol. The minimum atomic E-state index is -0.311. The highest BCUT2D eigenvalue weighted by molar-refractivity contribution is 7.18. The van der Waals surface area contributed by atoms with E-state index in [4.69, 9.17) is 27.9 Å². The number of rotatable bonds is 2. The summed E-state index contributed by atoms with van der Waals surface area (Å²) in [5.41, 5.74) is 0.884. The topological polar surface area (TPSA) is 67.4 Å². The molecule has 2 N–H and O–H groups in total. The molecule has 0 fully saturated rings. The van der Waals surface area contributed by atoms with Gasteiger partial charge in [0.05, 0.1) is 25.6 Å². The van der Waals surface area contributed by atoms with E-state index in [0.717, 1.165) is 0 Å². The van der Waals surface area contributed by atoms with Gasteiger partial charge in [-0.3, -0.25) is 9.59 Å². The maximum Gasteiger partial charge on any atom is 0.265 e. The van der Waals surface area contributed by atoms with Crippen LogP contribution < -0.4 is 15.4 Å². The van der Waals surface area contributed by atoms with Crippen molar-refractivity contribution in [2.45, 2.75) is 0 Å². The Morgan fingerprint density at radius 2 is 2.14 bits per heavy atom. The molecule has 108 valence electrons. The van der Waals surface area contributed by atoms with Gasteiger partial charge in [0.25, 0.3) is 11.8 Å². The maximum atomic E-state index is 12.1. The largest absolute Gasteiger partial charge is 0.482 e. The summed E-state index contributed by atoms with van der Waals surface area (Å²) in [6.45, 7) is -0.0669. The van der Waals surface area contributed by atoms with Crippen molar-refractivity contribution < 1.29 is 14.3 Å². The van der Waals surface area contributed by atoms with E-state index in [-0.39, 0.29) is 18.4 Å². The van der Waals surface area contributed by atoms with E-state index in [1.165, 1.54) is 17.4 Å². The van der Waals surface area contributed by atoms with Gasteiger partial charge in [-0.2, -0.15) is 0 Å². The molecule has 1 aromatic carbocycles. The number of nitrogens with one attached hydrogen (secondary N) is 2. The van der Waals surface area contributed by atoms with Crippen LogP contribution in [0.25, 0.3) is 0 Å². The van der Waals surface area contributed by atoms with Gasteiger partial charge in [-0.15, -0.1) is 11.3 Å². The molecular weight excluding hydrogens is 335 g/mol. The van der Waals surface area contributed by atoms with Crippen LogP contribution in [0.2, 0.25) is 9.36 Å². The summed E-state index contributed by atoms with van der Waals surface area (Å²) in [7, 11) is 0. The summed E-state index contributed by atoms with van der Waals surface area (Å²) >= 11 is 13.1. The van der Waals surface area contributed by atoms with E-state index in [2.05, 4.69) is 10.6 Å². The first-order valence-corrected chi connectivity index (χ1v) is 7.43. The van der Waals surface area contributed by atoms with Crippen LogP contribution in [-0.2, 0) is 4.79 Å². The summed E-state index contributed by atoms with van der Waals surface area (Å²) < 4.78 is 5.81. The number of hydrogen-bond donors (Lipinski definition) is 2. The minimum absolute atomic E-state index is 0.0669. The van der Waals surface area contributed by atoms with Crippen LogP contribution in [-0.4, -0.2) is 18.4 Å². The van der Waals surface area contributed by atoms with Crippen LogP contribution in [0.4, 0.5) is 11.4 Å². The highest BCUT2D eigenvalue weighted by atomic mass is 35.5. The molecule has 0 radical (unpaired) electrons. The molecule has 2 heterocycles. The van der Waals surface area contributed by atoms with E-state index in [9.17, 15) is 9.59 Å². The summed E-state index contributed by atoms with van der Waals surface area (Å²) in [6, 6.07) is 6.38. The normalized spacial score (nSPS) is 13.1. The molecule has 5 nitrogen and oxygen atoms in total. The Balaban J connectivity index is 1.86.